The number of nitrogens with zero attached hydrogens (tertiary/aromatic N) is 3. The molecule has 3 rings (SSSR count). The molecule has 0 amide bonds. The van der Waals surface area contributed by atoms with Gasteiger partial charge in [-0.1, -0.05) is 43.3 Å². The molecule has 0 saturated carbocycles. The zero-order chi connectivity index (χ0) is 25.6. The van der Waals surface area contributed by atoms with Crippen molar-refractivity contribution in [2.45, 2.75) is 58.5 Å². The van der Waals surface area contributed by atoms with Crippen molar-refractivity contribution in [2.75, 3.05) is 19.1 Å². The van der Waals surface area contributed by atoms with E-state index in [1.165, 1.54) is 0 Å². The average Bonchev–Trinajstić information content (AvgIpc) is 3.20. The van der Waals surface area contributed by atoms with Crippen LogP contribution in [-0.4, -0.2) is 61.6 Å². The third-order valence-corrected chi connectivity index (χ3v) is 6.49. The fourth-order valence-electron chi connectivity index (χ4n) is 3.73. The lowest BCUT2D eigenvalue weighted by molar-refractivity contribution is 0.0882. The minimum absolute atomic E-state index is 0.107. The molecule has 0 aliphatic heterocycles. The Labute approximate surface area is 211 Å². The first kappa shape index (κ1) is 26.9. The molecule has 3 aromatic rings. The maximum atomic E-state index is 10.3. The Balaban J connectivity index is 1.60. The molecule has 3 N–H and O–H groups in total. The van der Waals surface area contributed by atoms with E-state index in [-0.39, 0.29) is 37.7 Å². The van der Waals surface area contributed by atoms with Gasteiger partial charge in [-0.3, -0.25) is 0 Å². The zero-order valence-electron chi connectivity index (χ0n) is 20.6. The van der Waals surface area contributed by atoms with Gasteiger partial charge in [-0.15, -0.1) is 16.7 Å². The third-order valence-electron chi connectivity index (χ3n) is 6.14. The van der Waals surface area contributed by atoms with Crippen molar-refractivity contribution >= 4 is 11.6 Å². The van der Waals surface area contributed by atoms with Crippen molar-refractivity contribution < 1.29 is 24.8 Å². The van der Waals surface area contributed by atoms with E-state index < -0.39 is 12.2 Å². The summed E-state index contributed by atoms with van der Waals surface area (Å²) in [6, 6.07) is 13.9. The number of aliphatic hydroxyl groups is 3. The van der Waals surface area contributed by atoms with Crippen LogP contribution in [0.3, 0.4) is 0 Å². The molecule has 0 aliphatic carbocycles. The van der Waals surface area contributed by atoms with Gasteiger partial charge in [0.25, 0.3) is 0 Å². The first-order valence-electron chi connectivity index (χ1n) is 11.5. The van der Waals surface area contributed by atoms with E-state index in [4.69, 9.17) is 21.1 Å². The Hall–Kier alpha value is -2.65. The van der Waals surface area contributed by atoms with Gasteiger partial charge >= 0.3 is 0 Å². The normalized spacial score (nSPS) is 13.5. The number of hydrogen-bond donors (Lipinski definition) is 3. The smallest absolute Gasteiger partial charge is 0.122 e. The van der Waals surface area contributed by atoms with Crippen LogP contribution >= 0.6 is 11.6 Å². The van der Waals surface area contributed by atoms with Gasteiger partial charge in [-0.25, -0.2) is 4.68 Å². The van der Waals surface area contributed by atoms with Gasteiger partial charge in [0, 0.05) is 5.41 Å². The quantitative estimate of drug-likeness (QED) is 0.326. The second-order valence-corrected chi connectivity index (χ2v) is 9.48. The molecule has 1 aromatic heterocycles. The molecule has 0 unspecified atom stereocenters. The standard InChI is InChI=1S/C26H34ClN3O5/c1-17-11-20(7-10-25(17)35-15-21(32)12-27)26(3,4)19-5-8-23(9-6-19)34-16-22(33)13-30-18(2)24(14-31)28-29-30/h5-11,21-22,31-33H,12-16H2,1-4H3/t21-,22+/m0/s1. The summed E-state index contributed by atoms with van der Waals surface area (Å²) in [4.78, 5) is 0. The van der Waals surface area contributed by atoms with Gasteiger partial charge in [-0.05, 0) is 48.7 Å². The predicted molar refractivity (Wildman–Crippen MR) is 134 cm³/mol. The van der Waals surface area contributed by atoms with Gasteiger partial charge < -0.3 is 24.8 Å². The summed E-state index contributed by atoms with van der Waals surface area (Å²) in [6.45, 7) is 8.40. The Morgan fingerprint density at radius 2 is 1.63 bits per heavy atom. The second-order valence-electron chi connectivity index (χ2n) is 9.18. The number of alkyl halides is 1. The number of hydrogen-bond acceptors (Lipinski definition) is 7. The molecular weight excluding hydrogens is 470 g/mol. The van der Waals surface area contributed by atoms with E-state index in [0.717, 1.165) is 28.1 Å². The summed E-state index contributed by atoms with van der Waals surface area (Å²) in [5.74, 6) is 1.52. The number of aryl methyl sites for hydroxylation is 1. The van der Waals surface area contributed by atoms with Crippen molar-refractivity contribution in [3.8, 4) is 11.5 Å². The Kier molecular flexibility index (Phi) is 9.13. The minimum Gasteiger partial charge on any atom is -0.491 e. The van der Waals surface area contributed by atoms with Crippen LogP contribution in [0.25, 0.3) is 0 Å². The van der Waals surface area contributed by atoms with Crippen molar-refractivity contribution in [3.05, 3.63) is 70.5 Å². The van der Waals surface area contributed by atoms with Crippen molar-refractivity contribution in [1.82, 2.24) is 15.0 Å². The van der Waals surface area contributed by atoms with Crippen LogP contribution in [0.2, 0.25) is 0 Å². The highest BCUT2D eigenvalue weighted by atomic mass is 35.5. The molecule has 0 fully saturated rings. The molecule has 0 radical (unpaired) electrons. The Bertz CT molecular complexity index is 1100. The molecule has 35 heavy (non-hydrogen) atoms. The lowest BCUT2D eigenvalue weighted by Crippen LogP contribution is -2.25. The molecular formula is C26H34ClN3O5. The van der Waals surface area contributed by atoms with E-state index in [0.29, 0.717) is 11.4 Å². The van der Waals surface area contributed by atoms with Crippen molar-refractivity contribution in [3.63, 3.8) is 0 Å². The van der Waals surface area contributed by atoms with E-state index in [2.05, 4.69) is 30.2 Å². The lowest BCUT2D eigenvalue weighted by Gasteiger charge is -2.27. The van der Waals surface area contributed by atoms with Crippen LogP contribution in [0.4, 0.5) is 0 Å². The lowest BCUT2D eigenvalue weighted by atomic mass is 9.77. The van der Waals surface area contributed by atoms with Crippen LogP contribution in [0.15, 0.2) is 42.5 Å². The number of rotatable bonds is 12. The van der Waals surface area contributed by atoms with Gasteiger partial charge in [0.1, 0.15) is 42.6 Å². The molecule has 2 atom stereocenters. The first-order chi connectivity index (χ1) is 16.6. The van der Waals surface area contributed by atoms with E-state index >= 15 is 0 Å². The van der Waals surface area contributed by atoms with Crippen molar-refractivity contribution in [1.29, 1.82) is 0 Å². The predicted octanol–water partition coefficient (Wildman–Crippen LogP) is 3.13. The molecule has 0 bridgehead atoms. The molecule has 0 aliphatic rings. The minimum atomic E-state index is -0.771. The van der Waals surface area contributed by atoms with Gasteiger partial charge in [0.05, 0.1) is 24.7 Å². The van der Waals surface area contributed by atoms with Crippen molar-refractivity contribution in [2.24, 2.45) is 0 Å². The molecule has 9 heteroatoms. The highest BCUT2D eigenvalue weighted by Crippen LogP contribution is 2.34. The van der Waals surface area contributed by atoms with E-state index in [1.807, 2.05) is 43.3 Å². The molecule has 2 aromatic carbocycles. The topological polar surface area (TPSA) is 110 Å². The molecule has 8 nitrogen and oxygen atoms in total. The molecule has 1 heterocycles. The van der Waals surface area contributed by atoms with Crippen LogP contribution in [0, 0.1) is 13.8 Å². The largest absolute Gasteiger partial charge is 0.491 e. The number of aromatic nitrogens is 3. The zero-order valence-corrected chi connectivity index (χ0v) is 21.4. The SMILES string of the molecule is Cc1cc(C(C)(C)c2ccc(OC[C@H](O)Cn3nnc(CO)c3C)cc2)ccc1OC[C@@H](O)CCl. The third kappa shape index (κ3) is 6.73. The van der Waals surface area contributed by atoms with E-state index in [1.54, 1.807) is 11.6 Å². The van der Waals surface area contributed by atoms with Gasteiger partial charge in [-0.2, -0.15) is 0 Å². The summed E-state index contributed by atoms with van der Waals surface area (Å²) < 4.78 is 13.0. The van der Waals surface area contributed by atoms with Crippen LogP contribution < -0.4 is 9.47 Å². The summed E-state index contributed by atoms with van der Waals surface area (Å²) in [6.07, 6.45) is -1.47. The highest BCUT2D eigenvalue weighted by Gasteiger charge is 2.24. The Morgan fingerprint density at radius 1 is 0.971 bits per heavy atom. The summed E-state index contributed by atoms with van der Waals surface area (Å²) in [7, 11) is 0. The second kappa shape index (κ2) is 11.9. The van der Waals surface area contributed by atoms with Crippen LogP contribution in [0.1, 0.15) is 41.9 Å². The average molecular weight is 504 g/mol. The summed E-state index contributed by atoms with van der Waals surface area (Å²) in [5, 5.41) is 37.0. The number of halogens is 1. The molecule has 0 saturated heterocycles. The fourth-order valence-corrected chi connectivity index (χ4v) is 3.81. The van der Waals surface area contributed by atoms with Gasteiger partial charge in [0.15, 0.2) is 0 Å². The van der Waals surface area contributed by atoms with Crippen LogP contribution in [-0.2, 0) is 18.6 Å². The summed E-state index contributed by atoms with van der Waals surface area (Å²) >= 11 is 5.64. The summed E-state index contributed by atoms with van der Waals surface area (Å²) in [5.41, 5.74) is 4.20. The monoisotopic (exact) mass is 503 g/mol. The van der Waals surface area contributed by atoms with E-state index in [9.17, 15) is 15.3 Å². The fraction of sp³-hybridized carbons (Fsp3) is 0.462. The maximum Gasteiger partial charge on any atom is 0.122 e. The first-order valence-corrected chi connectivity index (χ1v) is 12.1. The number of ether oxygens (including phenoxy) is 2. The van der Waals surface area contributed by atoms with Gasteiger partial charge in [0.2, 0.25) is 0 Å². The Morgan fingerprint density at radius 3 is 2.23 bits per heavy atom. The highest BCUT2D eigenvalue weighted by molar-refractivity contribution is 6.18. The van der Waals surface area contributed by atoms with Crippen LogP contribution in [0.5, 0.6) is 11.5 Å². The molecule has 190 valence electrons. The number of benzene rings is 2. The molecule has 0 spiro atoms. The number of aliphatic hydroxyl groups excluding tert-OH is 3. The maximum absolute atomic E-state index is 10.3.